The summed E-state index contributed by atoms with van der Waals surface area (Å²) in [6.45, 7) is 6.77. The number of carbonyl (C=O) groups is 2. The summed E-state index contributed by atoms with van der Waals surface area (Å²) in [6, 6.07) is 0.891. The second-order valence-corrected chi connectivity index (χ2v) is 6.90. The SMILES string of the molecule is CC(C)(C)OC(=O)N1CCN2c3ncc(F)cc3C(=O)OC[C@H]2C1. The number of esters is 1. The molecule has 0 saturated carbocycles. The van der Waals surface area contributed by atoms with E-state index in [0.29, 0.717) is 25.5 Å². The van der Waals surface area contributed by atoms with Gasteiger partial charge in [-0.25, -0.2) is 19.0 Å². The predicted molar refractivity (Wildman–Crippen MR) is 83.4 cm³/mol. The Balaban J connectivity index is 1.81. The summed E-state index contributed by atoms with van der Waals surface area (Å²) in [6.07, 6.45) is 0.680. The Labute approximate surface area is 139 Å². The molecular formula is C16H20FN3O4. The lowest BCUT2D eigenvalue weighted by atomic mass is 10.1. The standard InChI is InChI=1S/C16H20FN3O4/c1-16(2,3)24-15(22)19-4-5-20-11(8-19)9-23-14(21)12-6-10(17)7-18-13(12)20/h6-7,11H,4-5,8-9H2,1-3H3/t11-/m1/s1. The monoisotopic (exact) mass is 337 g/mol. The van der Waals surface area contributed by atoms with Gasteiger partial charge >= 0.3 is 12.1 Å². The summed E-state index contributed by atoms with van der Waals surface area (Å²) in [5.41, 5.74) is -0.460. The summed E-state index contributed by atoms with van der Waals surface area (Å²) < 4.78 is 24.0. The molecule has 0 aliphatic carbocycles. The normalized spacial score (nSPS) is 20.7. The summed E-state index contributed by atoms with van der Waals surface area (Å²) >= 11 is 0. The number of piperazine rings is 1. The van der Waals surface area contributed by atoms with E-state index in [1.54, 1.807) is 4.90 Å². The first-order valence-electron chi connectivity index (χ1n) is 7.82. The topological polar surface area (TPSA) is 72.0 Å². The van der Waals surface area contributed by atoms with Crippen LogP contribution in [0.5, 0.6) is 0 Å². The van der Waals surface area contributed by atoms with Crippen molar-refractivity contribution < 1.29 is 23.5 Å². The first-order chi connectivity index (χ1) is 11.2. The second kappa shape index (κ2) is 5.92. The fraction of sp³-hybridized carbons (Fsp3) is 0.562. The number of hydrogen-bond acceptors (Lipinski definition) is 6. The Hall–Kier alpha value is -2.38. The number of ether oxygens (including phenoxy) is 2. The Kier molecular flexibility index (Phi) is 4.06. The average Bonchev–Trinajstić information content (AvgIpc) is 2.63. The molecule has 0 bridgehead atoms. The molecule has 0 N–H and O–H groups in total. The van der Waals surface area contributed by atoms with Gasteiger partial charge in [-0.15, -0.1) is 0 Å². The van der Waals surface area contributed by atoms with Crippen molar-refractivity contribution in [3.05, 3.63) is 23.6 Å². The molecule has 0 spiro atoms. The van der Waals surface area contributed by atoms with E-state index >= 15 is 0 Å². The van der Waals surface area contributed by atoms with E-state index < -0.39 is 23.5 Å². The highest BCUT2D eigenvalue weighted by molar-refractivity contribution is 5.95. The molecule has 2 aliphatic rings. The fourth-order valence-corrected chi connectivity index (χ4v) is 2.83. The molecule has 1 fully saturated rings. The quantitative estimate of drug-likeness (QED) is 0.673. The third-order valence-corrected chi connectivity index (χ3v) is 3.87. The molecule has 1 aromatic heterocycles. The minimum atomic E-state index is -0.602. The number of pyridine rings is 1. The van der Waals surface area contributed by atoms with Crippen molar-refractivity contribution >= 4 is 17.9 Å². The minimum Gasteiger partial charge on any atom is -0.460 e. The third-order valence-electron chi connectivity index (χ3n) is 3.87. The van der Waals surface area contributed by atoms with Crippen LogP contribution in [-0.4, -0.2) is 59.8 Å². The van der Waals surface area contributed by atoms with Crippen LogP contribution in [0.1, 0.15) is 31.1 Å². The highest BCUT2D eigenvalue weighted by Gasteiger charge is 2.37. The predicted octanol–water partition coefficient (Wildman–Crippen LogP) is 1.82. The van der Waals surface area contributed by atoms with Crippen LogP contribution in [0.25, 0.3) is 0 Å². The molecule has 3 heterocycles. The average molecular weight is 337 g/mol. The van der Waals surface area contributed by atoms with Crippen molar-refractivity contribution in [1.29, 1.82) is 0 Å². The molecule has 0 unspecified atom stereocenters. The number of aromatic nitrogens is 1. The van der Waals surface area contributed by atoms with Gasteiger partial charge in [0.25, 0.3) is 0 Å². The van der Waals surface area contributed by atoms with Crippen LogP contribution in [0, 0.1) is 5.82 Å². The molecule has 3 rings (SSSR count). The van der Waals surface area contributed by atoms with E-state index in [2.05, 4.69) is 4.98 Å². The minimum absolute atomic E-state index is 0.107. The third kappa shape index (κ3) is 3.27. The fourth-order valence-electron chi connectivity index (χ4n) is 2.83. The van der Waals surface area contributed by atoms with Crippen molar-refractivity contribution in [1.82, 2.24) is 9.88 Å². The Bertz CT molecular complexity index is 674. The van der Waals surface area contributed by atoms with Crippen LogP contribution in [0.3, 0.4) is 0 Å². The number of halogens is 1. The number of cyclic esters (lactones) is 1. The Morgan fingerprint density at radius 1 is 1.42 bits per heavy atom. The van der Waals surface area contributed by atoms with E-state index in [9.17, 15) is 14.0 Å². The van der Waals surface area contributed by atoms with E-state index in [1.807, 2.05) is 25.7 Å². The van der Waals surface area contributed by atoms with Crippen LogP contribution in [0.2, 0.25) is 0 Å². The lowest BCUT2D eigenvalue weighted by Gasteiger charge is -2.41. The maximum Gasteiger partial charge on any atom is 0.410 e. The largest absolute Gasteiger partial charge is 0.460 e. The van der Waals surface area contributed by atoms with Crippen LogP contribution in [0.4, 0.5) is 15.0 Å². The van der Waals surface area contributed by atoms with Gasteiger partial charge in [0.05, 0.1) is 12.2 Å². The zero-order valence-electron chi connectivity index (χ0n) is 13.9. The van der Waals surface area contributed by atoms with E-state index in [0.717, 1.165) is 12.3 Å². The molecule has 24 heavy (non-hydrogen) atoms. The maximum absolute atomic E-state index is 13.4. The summed E-state index contributed by atoms with van der Waals surface area (Å²) in [5, 5.41) is 0. The molecule has 2 aliphatic heterocycles. The Morgan fingerprint density at radius 3 is 2.88 bits per heavy atom. The molecule has 0 aromatic carbocycles. The van der Waals surface area contributed by atoms with Gasteiger partial charge in [-0.05, 0) is 26.8 Å². The van der Waals surface area contributed by atoms with Gasteiger partial charge in [-0.1, -0.05) is 0 Å². The van der Waals surface area contributed by atoms with Gasteiger partial charge in [0, 0.05) is 19.6 Å². The van der Waals surface area contributed by atoms with Crippen molar-refractivity contribution in [2.75, 3.05) is 31.1 Å². The molecule has 130 valence electrons. The Morgan fingerprint density at radius 2 is 2.17 bits per heavy atom. The number of rotatable bonds is 0. The van der Waals surface area contributed by atoms with Gasteiger partial charge in [0.2, 0.25) is 0 Å². The number of fused-ring (bicyclic) bond motifs is 3. The molecule has 1 aromatic rings. The molecular weight excluding hydrogens is 317 g/mol. The summed E-state index contributed by atoms with van der Waals surface area (Å²) in [7, 11) is 0. The van der Waals surface area contributed by atoms with Crippen molar-refractivity contribution in [3.8, 4) is 0 Å². The number of carbonyl (C=O) groups excluding carboxylic acids is 2. The van der Waals surface area contributed by atoms with Gasteiger partial charge in [0.1, 0.15) is 29.4 Å². The lowest BCUT2D eigenvalue weighted by Crippen LogP contribution is -2.57. The zero-order chi connectivity index (χ0) is 17.5. The highest BCUT2D eigenvalue weighted by atomic mass is 19.1. The molecule has 0 radical (unpaired) electrons. The summed E-state index contributed by atoms with van der Waals surface area (Å²) in [4.78, 5) is 31.8. The summed E-state index contributed by atoms with van der Waals surface area (Å²) in [5.74, 6) is -0.792. The highest BCUT2D eigenvalue weighted by Crippen LogP contribution is 2.27. The van der Waals surface area contributed by atoms with Crippen molar-refractivity contribution in [2.45, 2.75) is 32.4 Å². The van der Waals surface area contributed by atoms with Crippen LogP contribution in [-0.2, 0) is 9.47 Å². The smallest absolute Gasteiger partial charge is 0.410 e. The van der Waals surface area contributed by atoms with Gasteiger partial charge in [-0.2, -0.15) is 0 Å². The lowest BCUT2D eigenvalue weighted by molar-refractivity contribution is 0.0180. The molecule has 1 atom stereocenters. The van der Waals surface area contributed by atoms with E-state index in [1.165, 1.54) is 0 Å². The van der Waals surface area contributed by atoms with Gasteiger partial charge < -0.3 is 19.3 Å². The van der Waals surface area contributed by atoms with Crippen LogP contribution >= 0.6 is 0 Å². The van der Waals surface area contributed by atoms with Crippen molar-refractivity contribution in [2.24, 2.45) is 0 Å². The van der Waals surface area contributed by atoms with Crippen molar-refractivity contribution in [3.63, 3.8) is 0 Å². The number of anilines is 1. The molecule has 1 saturated heterocycles. The van der Waals surface area contributed by atoms with Crippen LogP contribution < -0.4 is 4.90 Å². The number of nitrogens with zero attached hydrogens (tertiary/aromatic N) is 3. The zero-order valence-corrected chi connectivity index (χ0v) is 13.9. The van der Waals surface area contributed by atoms with Gasteiger partial charge in [0.15, 0.2) is 0 Å². The maximum atomic E-state index is 13.4. The van der Waals surface area contributed by atoms with E-state index in [4.69, 9.17) is 9.47 Å². The number of amides is 1. The second-order valence-electron chi connectivity index (χ2n) is 6.90. The molecule has 7 nitrogen and oxygen atoms in total. The van der Waals surface area contributed by atoms with Crippen LogP contribution in [0.15, 0.2) is 12.3 Å². The first kappa shape index (κ1) is 16.5. The number of hydrogen-bond donors (Lipinski definition) is 0. The first-order valence-corrected chi connectivity index (χ1v) is 7.82. The van der Waals surface area contributed by atoms with E-state index in [-0.39, 0.29) is 18.2 Å². The van der Waals surface area contributed by atoms with Gasteiger partial charge in [-0.3, -0.25) is 0 Å². The molecule has 1 amide bonds. The molecule has 8 heteroatoms.